The maximum Gasteiger partial charge on any atom is 0.163 e. The average molecular weight is 388 g/mol. The van der Waals surface area contributed by atoms with Crippen LogP contribution in [0.15, 0.2) is 42.5 Å². The predicted octanol–water partition coefficient (Wildman–Crippen LogP) is 4.02. The van der Waals surface area contributed by atoms with Crippen molar-refractivity contribution in [3.8, 4) is 11.5 Å². The van der Waals surface area contributed by atoms with Crippen molar-refractivity contribution >= 4 is 24.0 Å². The van der Waals surface area contributed by atoms with E-state index in [-0.39, 0.29) is 24.3 Å². The second kappa shape index (κ2) is 9.25. The van der Waals surface area contributed by atoms with Crippen LogP contribution in [0.4, 0.5) is 4.39 Å². The Morgan fingerprint density at radius 1 is 1.24 bits per heavy atom. The lowest BCUT2D eigenvalue weighted by atomic mass is 10.0. The number of nitrogens with one attached hydrogen (secondary N) is 1. The molecule has 2 aromatic rings. The van der Waals surface area contributed by atoms with Gasteiger partial charge in [0.25, 0.3) is 0 Å². The molecule has 1 unspecified atom stereocenters. The van der Waals surface area contributed by atoms with E-state index >= 15 is 0 Å². The van der Waals surface area contributed by atoms with Gasteiger partial charge in [0.15, 0.2) is 17.6 Å². The van der Waals surface area contributed by atoms with E-state index in [2.05, 4.69) is 5.32 Å². The quantitative estimate of drug-likeness (QED) is 0.840. The lowest BCUT2D eigenvalue weighted by Crippen LogP contribution is -2.43. The van der Waals surface area contributed by atoms with Crippen LogP contribution in [0.2, 0.25) is 5.02 Å². The van der Waals surface area contributed by atoms with Crippen LogP contribution in [0.1, 0.15) is 11.7 Å². The first kappa shape index (κ1) is 19.8. The summed E-state index contributed by atoms with van der Waals surface area (Å²) in [4.78, 5) is 0. The lowest BCUT2D eigenvalue weighted by molar-refractivity contribution is -0.0438. The maximum atomic E-state index is 13.4. The number of rotatable bonds is 5. The van der Waals surface area contributed by atoms with Crippen LogP contribution in [0.3, 0.4) is 0 Å². The summed E-state index contributed by atoms with van der Waals surface area (Å²) in [6.45, 7) is 2.06. The van der Waals surface area contributed by atoms with Crippen molar-refractivity contribution < 1.29 is 18.6 Å². The molecule has 1 fully saturated rings. The molecule has 25 heavy (non-hydrogen) atoms. The third kappa shape index (κ3) is 4.98. The first-order chi connectivity index (χ1) is 11.7. The van der Waals surface area contributed by atoms with E-state index in [9.17, 15) is 4.39 Å². The summed E-state index contributed by atoms with van der Waals surface area (Å²) in [5, 5.41) is 3.92. The Morgan fingerprint density at radius 2 is 2.08 bits per heavy atom. The monoisotopic (exact) mass is 387 g/mol. The highest BCUT2D eigenvalue weighted by Crippen LogP contribution is 2.34. The molecule has 0 bridgehead atoms. The molecule has 0 aliphatic carbocycles. The van der Waals surface area contributed by atoms with E-state index < -0.39 is 6.10 Å². The number of benzene rings is 2. The molecular formula is C18H20Cl2FNO3. The Balaban J connectivity index is 0.00000225. The topological polar surface area (TPSA) is 39.7 Å². The molecule has 4 nitrogen and oxygen atoms in total. The largest absolute Gasteiger partial charge is 0.493 e. The Kier molecular flexibility index (Phi) is 7.32. The molecule has 1 aliphatic rings. The zero-order valence-electron chi connectivity index (χ0n) is 13.7. The summed E-state index contributed by atoms with van der Waals surface area (Å²) in [6, 6.07) is 11.6. The van der Waals surface area contributed by atoms with Gasteiger partial charge in [-0.05, 0) is 29.8 Å². The molecule has 3 rings (SSSR count). The number of morpholine rings is 1. The van der Waals surface area contributed by atoms with E-state index in [1.54, 1.807) is 12.1 Å². The van der Waals surface area contributed by atoms with Crippen LogP contribution in [-0.4, -0.2) is 32.9 Å². The zero-order valence-corrected chi connectivity index (χ0v) is 15.3. The van der Waals surface area contributed by atoms with Crippen molar-refractivity contribution in [3.05, 3.63) is 58.9 Å². The van der Waals surface area contributed by atoms with Gasteiger partial charge in [0, 0.05) is 24.2 Å². The molecule has 136 valence electrons. The highest BCUT2D eigenvalue weighted by atomic mass is 35.5. The van der Waals surface area contributed by atoms with E-state index in [0.29, 0.717) is 29.7 Å². The molecule has 0 amide bonds. The highest BCUT2D eigenvalue weighted by molar-refractivity contribution is 6.30. The Hall–Kier alpha value is -1.53. The molecule has 0 radical (unpaired) electrons. The van der Waals surface area contributed by atoms with Gasteiger partial charge in [0.05, 0.1) is 13.7 Å². The number of halogens is 3. The SMILES string of the molecule is COc1cc(F)ccc1OC(c1cccc(Cl)c1)[C@@H]1CNCCO1.Cl. The molecule has 1 N–H and O–H groups in total. The summed E-state index contributed by atoms with van der Waals surface area (Å²) < 4.78 is 30.7. The van der Waals surface area contributed by atoms with Crippen molar-refractivity contribution in [1.82, 2.24) is 5.32 Å². The van der Waals surface area contributed by atoms with E-state index in [1.165, 1.54) is 19.2 Å². The second-order valence-electron chi connectivity index (χ2n) is 5.50. The van der Waals surface area contributed by atoms with Gasteiger partial charge in [0.1, 0.15) is 11.9 Å². The average Bonchev–Trinajstić information content (AvgIpc) is 2.61. The number of ether oxygens (including phenoxy) is 3. The molecule has 1 saturated heterocycles. The molecule has 1 aliphatic heterocycles. The van der Waals surface area contributed by atoms with E-state index in [0.717, 1.165) is 12.1 Å². The Bertz CT molecular complexity index is 696. The minimum atomic E-state index is -0.393. The highest BCUT2D eigenvalue weighted by Gasteiger charge is 2.29. The maximum absolute atomic E-state index is 13.4. The summed E-state index contributed by atoms with van der Waals surface area (Å²) >= 11 is 6.12. The molecule has 0 saturated carbocycles. The van der Waals surface area contributed by atoms with Crippen LogP contribution in [-0.2, 0) is 4.74 Å². The van der Waals surface area contributed by atoms with Crippen LogP contribution in [0.5, 0.6) is 11.5 Å². The predicted molar refractivity (Wildman–Crippen MR) is 97.6 cm³/mol. The number of methoxy groups -OCH3 is 1. The fourth-order valence-electron chi connectivity index (χ4n) is 2.70. The van der Waals surface area contributed by atoms with Crippen LogP contribution < -0.4 is 14.8 Å². The molecular weight excluding hydrogens is 368 g/mol. The molecule has 2 aromatic carbocycles. The first-order valence-electron chi connectivity index (χ1n) is 7.75. The number of hydrogen-bond acceptors (Lipinski definition) is 4. The summed E-state index contributed by atoms with van der Waals surface area (Å²) in [7, 11) is 1.48. The fourth-order valence-corrected chi connectivity index (χ4v) is 2.90. The second-order valence-corrected chi connectivity index (χ2v) is 5.94. The van der Waals surface area contributed by atoms with Gasteiger partial charge < -0.3 is 19.5 Å². The first-order valence-corrected chi connectivity index (χ1v) is 8.13. The van der Waals surface area contributed by atoms with Gasteiger partial charge in [0.2, 0.25) is 0 Å². The van der Waals surface area contributed by atoms with Crippen molar-refractivity contribution in [3.63, 3.8) is 0 Å². The molecule has 0 aromatic heterocycles. The third-order valence-electron chi connectivity index (χ3n) is 3.85. The summed E-state index contributed by atoms with van der Waals surface area (Å²) in [6.07, 6.45) is -0.581. The summed E-state index contributed by atoms with van der Waals surface area (Å²) in [5.74, 6) is 0.415. The van der Waals surface area contributed by atoms with Crippen LogP contribution >= 0.6 is 24.0 Å². The van der Waals surface area contributed by atoms with Gasteiger partial charge in [-0.15, -0.1) is 12.4 Å². The van der Waals surface area contributed by atoms with Gasteiger partial charge >= 0.3 is 0 Å². The standard InChI is InChI=1S/C18H19ClFNO3.ClH/c1-22-16-10-14(20)5-6-15(16)24-18(17-11-21-7-8-23-17)12-3-2-4-13(19)9-12;/h2-6,9-10,17-18,21H,7-8,11H2,1H3;1H/t17-,18?;/m0./s1. The van der Waals surface area contributed by atoms with Gasteiger partial charge in [-0.3, -0.25) is 0 Å². The van der Waals surface area contributed by atoms with Crippen molar-refractivity contribution in [2.75, 3.05) is 26.8 Å². The molecule has 1 heterocycles. The van der Waals surface area contributed by atoms with Crippen LogP contribution in [0, 0.1) is 5.82 Å². The number of hydrogen-bond donors (Lipinski definition) is 1. The fraction of sp³-hybridized carbons (Fsp3) is 0.333. The van der Waals surface area contributed by atoms with E-state index in [4.69, 9.17) is 25.8 Å². The van der Waals surface area contributed by atoms with Crippen molar-refractivity contribution in [1.29, 1.82) is 0 Å². The van der Waals surface area contributed by atoms with Gasteiger partial charge in [-0.1, -0.05) is 23.7 Å². The smallest absolute Gasteiger partial charge is 0.163 e. The third-order valence-corrected chi connectivity index (χ3v) is 4.09. The van der Waals surface area contributed by atoms with Gasteiger partial charge in [-0.25, -0.2) is 4.39 Å². The van der Waals surface area contributed by atoms with E-state index in [1.807, 2.05) is 18.2 Å². The minimum Gasteiger partial charge on any atom is -0.493 e. The van der Waals surface area contributed by atoms with Crippen LogP contribution in [0.25, 0.3) is 0 Å². The summed E-state index contributed by atoms with van der Waals surface area (Å²) in [5.41, 5.74) is 0.891. The molecule has 2 atom stereocenters. The Labute approximate surface area is 157 Å². The minimum absolute atomic E-state index is 0. The van der Waals surface area contributed by atoms with Crippen molar-refractivity contribution in [2.24, 2.45) is 0 Å². The molecule has 0 spiro atoms. The van der Waals surface area contributed by atoms with Crippen molar-refractivity contribution in [2.45, 2.75) is 12.2 Å². The molecule has 7 heteroatoms. The lowest BCUT2D eigenvalue weighted by Gasteiger charge is -2.32. The Morgan fingerprint density at radius 3 is 2.76 bits per heavy atom. The van der Waals surface area contributed by atoms with Gasteiger partial charge in [-0.2, -0.15) is 0 Å². The zero-order chi connectivity index (χ0) is 16.9. The normalized spacial score (nSPS) is 18.1.